The van der Waals surface area contributed by atoms with Crippen molar-refractivity contribution in [3.8, 4) is 0 Å². The topological polar surface area (TPSA) is 52.7 Å². The van der Waals surface area contributed by atoms with Crippen molar-refractivity contribution in [2.75, 3.05) is 40.3 Å². The SMILES string of the molecule is CC(=O)N(CCc1ccccc1)CC(=O)NCCN(C)C. The molecule has 0 aromatic heterocycles. The van der Waals surface area contributed by atoms with E-state index < -0.39 is 0 Å². The van der Waals surface area contributed by atoms with E-state index in [2.05, 4.69) is 5.32 Å². The summed E-state index contributed by atoms with van der Waals surface area (Å²) in [6.45, 7) is 3.56. The van der Waals surface area contributed by atoms with Crippen LogP contribution in [-0.2, 0) is 16.0 Å². The van der Waals surface area contributed by atoms with Gasteiger partial charge in [0.1, 0.15) is 0 Å². The van der Waals surface area contributed by atoms with Crippen molar-refractivity contribution < 1.29 is 9.59 Å². The second kappa shape index (κ2) is 9.13. The van der Waals surface area contributed by atoms with Crippen molar-refractivity contribution in [3.05, 3.63) is 35.9 Å². The van der Waals surface area contributed by atoms with Gasteiger partial charge in [-0.15, -0.1) is 0 Å². The number of hydrogen-bond donors (Lipinski definition) is 1. The Bertz CT molecular complexity index is 446. The van der Waals surface area contributed by atoms with E-state index in [1.165, 1.54) is 6.92 Å². The minimum atomic E-state index is -0.111. The minimum absolute atomic E-state index is 0.0753. The highest BCUT2D eigenvalue weighted by Gasteiger charge is 2.13. The molecule has 2 amide bonds. The zero-order chi connectivity index (χ0) is 15.7. The molecule has 1 aromatic rings. The molecule has 0 aliphatic heterocycles. The number of rotatable bonds is 8. The first-order valence-corrected chi connectivity index (χ1v) is 7.20. The monoisotopic (exact) mass is 291 g/mol. The van der Waals surface area contributed by atoms with E-state index in [4.69, 9.17) is 0 Å². The Labute approximate surface area is 126 Å². The summed E-state index contributed by atoms with van der Waals surface area (Å²) >= 11 is 0. The van der Waals surface area contributed by atoms with Gasteiger partial charge in [0.25, 0.3) is 0 Å². The van der Waals surface area contributed by atoms with Crippen molar-refractivity contribution >= 4 is 11.8 Å². The molecule has 1 N–H and O–H groups in total. The number of likely N-dealkylation sites (N-methyl/N-ethyl adjacent to an activating group) is 1. The molecule has 1 rings (SSSR count). The van der Waals surface area contributed by atoms with Crippen LogP contribution in [-0.4, -0.2) is 61.9 Å². The summed E-state index contributed by atoms with van der Waals surface area (Å²) in [7, 11) is 3.90. The summed E-state index contributed by atoms with van der Waals surface area (Å²) in [4.78, 5) is 27.0. The van der Waals surface area contributed by atoms with E-state index in [1.807, 2.05) is 49.3 Å². The molecule has 0 aliphatic carbocycles. The first-order chi connectivity index (χ1) is 9.99. The van der Waals surface area contributed by atoms with Crippen molar-refractivity contribution in [3.63, 3.8) is 0 Å². The summed E-state index contributed by atoms with van der Waals surface area (Å²) in [6.07, 6.45) is 0.755. The number of hydrogen-bond acceptors (Lipinski definition) is 3. The van der Waals surface area contributed by atoms with Crippen LogP contribution in [0, 0.1) is 0 Å². The predicted molar refractivity (Wildman–Crippen MR) is 84.0 cm³/mol. The Kier molecular flexibility index (Phi) is 7.46. The van der Waals surface area contributed by atoms with Crippen molar-refractivity contribution in [1.82, 2.24) is 15.1 Å². The fourth-order valence-corrected chi connectivity index (χ4v) is 1.90. The molecule has 21 heavy (non-hydrogen) atoms. The van der Waals surface area contributed by atoms with Gasteiger partial charge in [-0.1, -0.05) is 30.3 Å². The van der Waals surface area contributed by atoms with E-state index >= 15 is 0 Å². The Morgan fingerprint density at radius 1 is 1.10 bits per heavy atom. The van der Waals surface area contributed by atoms with E-state index in [1.54, 1.807) is 4.90 Å². The molecule has 0 radical (unpaired) electrons. The first-order valence-electron chi connectivity index (χ1n) is 7.20. The van der Waals surface area contributed by atoms with Crippen LogP contribution in [0.1, 0.15) is 12.5 Å². The average Bonchev–Trinajstić information content (AvgIpc) is 2.43. The zero-order valence-corrected chi connectivity index (χ0v) is 13.1. The van der Waals surface area contributed by atoms with Gasteiger partial charge in [0, 0.05) is 26.6 Å². The standard InChI is InChI=1S/C16H25N3O2/c1-14(20)19(11-9-15-7-5-4-6-8-15)13-16(21)17-10-12-18(2)3/h4-8H,9-13H2,1-3H3,(H,17,21). The van der Waals surface area contributed by atoms with Gasteiger partial charge in [-0.25, -0.2) is 0 Å². The third-order valence-electron chi connectivity index (χ3n) is 3.17. The molecule has 0 unspecified atom stereocenters. The van der Waals surface area contributed by atoms with Gasteiger partial charge in [0.15, 0.2) is 0 Å². The lowest BCUT2D eigenvalue weighted by Crippen LogP contribution is -2.42. The molecule has 5 nitrogen and oxygen atoms in total. The van der Waals surface area contributed by atoms with Gasteiger partial charge in [-0.05, 0) is 26.1 Å². The maximum absolute atomic E-state index is 11.8. The van der Waals surface area contributed by atoms with Crippen LogP contribution in [0.3, 0.4) is 0 Å². The largest absolute Gasteiger partial charge is 0.353 e. The smallest absolute Gasteiger partial charge is 0.239 e. The summed E-state index contributed by atoms with van der Waals surface area (Å²) in [5.74, 6) is -0.186. The molecule has 0 fully saturated rings. The molecular formula is C16H25N3O2. The molecule has 0 bridgehead atoms. The van der Waals surface area contributed by atoms with Crippen molar-refractivity contribution in [1.29, 1.82) is 0 Å². The molecule has 1 aromatic carbocycles. The van der Waals surface area contributed by atoms with Crippen molar-refractivity contribution in [2.24, 2.45) is 0 Å². The van der Waals surface area contributed by atoms with Crippen LogP contribution in [0.15, 0.2) is 30.3 Å². The van der Waals surface area contributed by atoms with Gasteiger partial charge in [-0.3, -0.25) is 9.59 Å². The summed E-state index contributed by atoms with van der Waals surface area (Å²) in [6, 6.07) is 9.96. The highest BCUT2D eigenvalue weighted by Crippen LogP contribution is 2.01. The molecule has 0 aliphatic rings. The second-order valence-corrected chi connectivity index (χ2v) is 5.33. The number of nitrogens with one attached hydrogen (secondary N) is 1. The number of carbonyl (C=O) groups excluding carboxylic acids is 2. The Morgan fingerprint density at radius 3 is 2.33 bits per heavy atom. The van der Waals surface area contributed by atoms with Gasteiger partial charge in [0.05, 0.1) is 6.54 Å². The summed E-state index contributed by atoms with van der Waals surface area (Å²) in [5.41, 5.74) is 1.16. The lowest BCUT2D eigenvalue weighted by molar-refractivity contribution is -0.134. The molecule has 0 atom stereocenters. The third-order valence-corrected chi connectivity index (χ3v) is 3.17. The normalized spacial score (nSPS) is 10.5. The predicted octanol–water partition coefficient (Wildman–Crippen LogP) is 0.755. The van der Waals surface area contributed by atoms with E-state index in [0.29, 0.717) is 13.1 Å². The van der Waals surface area contributed by atoms with Crippen LogP contribution in [0.5, 0.6) is 0 Å². The number of nitrogens with zero attached hydrogens (tertiary/aromatic N) is 2. The minimum Gasteiger partial charge on any atom is -0.353 e. The lowest BCUT2D eigenvalue weighted by Gasteiger charge is -2.21. The number of benzene rings is 1. The lowest BCUT2D eigenvalue weighted by atomic mass is 10.1. The quantitative estimate of drug-likeness (QED) is 0.769. The molecule has 0 saturated carbocycles. The molecule has 5 heteroatoms. The maximum Gasteiger partial charge on any atom is 0.239 e. The van der Waals surface area contributed by atoms with Gasteiger partial charge in [0.2, 0.25) is 11.8 Å². The first kappa shape index (κ1) is 17.2. The van der Waals surface area contributed by atoms with E-state index in [-0.39, 0.29) is 18.4 Å². The highest BCUT2D eigenvalue weighted by atomic mass is 16.2. The fraction of sp³-hybridized carbons (Fsp3) is 0.500. The molecule has 0 spiro atoms. The van der Waals surface area contributed by atoms with Gasteiger partial charge >= 0.3 is 0 Å². The number of carbonyl (C=O) groups is 2. The second-order valence-electron chi connectivity index (χ2n) is 5.33. The van der Waals surface area contributed by atoms with Crippen LogP contribution in [0.4, 0.5) is 0 Å². The van der Waals surface area contributed by atoms with E-state index in [0.717, 1.165) is 18.5 Å². The summed E-state index contributed by atoms with van der Waals surface area (Å²) in [5, 5.41) is 2.82. The summed E-state index contributed by atoms with van der Waals surface area (Å²) < 4.78 is 0. The van der Waals surface area contributed by atoms with Crippen LogP contribution < -0.4 is 5.32 Å². The Balaban J connectivity index is 2.39. The van der Waals surface area contributed by atoms with E-state index in [9.17, 15) is 9.59 Å². The third kappa shape index (κ3) is 7.46. The molecule has 0 heterocycles. The number of amides is 2. The maximum atomic E-state index is 11.8. The Morgan fingerprint density at radius 2 is 1.76 bits per heavy atom. The average molecular weight is 291 g/mol. The van der Waals surface area contributed by atoms with Crippen LogP contribution in [0.25, 0.3) is 0 Å². The Hall–Kier alpha value is -1.88. The van der Waals surface area contributed by atoms with Crippen LogP contribution in [0.2, 0.25) is 0 Å². The fourth-order valence-electron chi connectivity index (χ4n) is 1.90. The molecule has 116 valence electrons. The van der Waals surface area contributed by atoms with Gasteiger partial charge in [-0.2, -0.15) is 0 Å². The molecular weight excluding hydrogens is 266 g/mol. The highest BCUT2D eigenvalue weighted by molar-refractivity contribution is 5.83. The van der Waals surface area contributed by atoms with Crippen LogP contribution >= 0.6 is 0 Å². The van der Waals surface area contributed by atoms with Crippen molar-refractivity contribution in [2.45, 2.75) is 13.3 Å². The molecule has 0 saturated heterocycles. The van der Waals surface area contributed by atoms with Gasteiger partial charge < -0.3 is 15.1 Å². The zero-order valence-electron chi connectivity index (χ0n) is 13.1.